The summed E-state index contributed by atoms with van der Waals surface area (Å²) in [6, 6.07) is 3.65. The second kappa shape index (κ2) is 8.58. The number of pyridine rings is 2. The predicted molar refractivity (Wildman–Crippen MR) is 120 cm³/mol. The van der Waals surface area contributed by atoms with Crippen molar-refractivity contribution in [2.45, 2.75) is 32.4 Å². The number of amides is 2. The second-order valence-electron chi connectivity index (χ2n) is 8.77. The van der Waals surface area contributed by atoms with E-state index in [4.69, 9.17) is 4.74 Å². The van der Waals surface area contributed by atoms with Gasteiger partial charge in [-0.1, -0.05) is 0 Å². The van der Waals surface area contributed by atoms with Gasteiger partial charge in [-0.15, -0.1) is 0 Å². The number of nitrogens with one attached hydrogen (secondary N) is 2. The molecule has 10 heteroatoms. The Balaban J connectivity index is 1.23. The van der Waals surface area contributed by atoms with Gasteiger partial charge < -0.3 is 20.3 Å². The summed E-state index contributed by atoms with van der Waals surface area (Å²) in [6.45, 7) is 5.18. The van der Waals surface area contributed by atoms with E-state index in [1.807, 2.05) is 13.0 Å². The molecule has 1 unspecified atom stereocenters. The van der Waals surface area contributed by atoms with E-state index in [0.717, 1.165) is 50.4 Å². The van der Waals surface area contributed by atoms with Crippen LogP contribution in [0, 0.1) is 18.7 Å². The van der Waals surface area contributed by atoms with E-state index < -0.39 is 11.9 Å². The Morgan fingerprint density at radius 3 is 2.70 bits per heavy atom. The van der Waals surface area contributed by atoms with Crippen LogP contribution in [0.15, 0.2) is 18.3 Å². The first-order valence-corrected chi connectivity index (χ1v) is 11.3. The highest BCUT2D eigenvalue weighted by Crippen LogP contribution is 2.41. The zero-order valence-electron chi connectivity index (χ0n) is 18.7. The smallest absolute Gasteiger partial charge is 0.269 e. The van der Waals surface area contributed by atoms with Crippen LogP contribution < -0.4 is 20.3 Å². The van der Waals surface area contributed by atoms with Crippen LogP contribution in [-0.2, 0) is 11.3 Å². The lowest BCUT2D eigenvalue weighted by Crippen LogP contribution is -2.46. The molecule has 9 nitrogen and oxygen atoms in total. The Morgan fingerprint density at radius 1 is 1.27 bits per heavy atom. The molecular weight excluding hydrogens is 427 g/mol. The zero-order chi connectivity index (χ0) is 23.1. The standard InChI is InChI=1S/C23H27FN6O3/c1-13-17(6-5-15(27-13)22(31)25-2)30-9-7-29(8-10-30)12-16-19(24)20-18(11-26-16)33-21(14-3-4-14)23(32)28-20/h5-6,11,14,21H,3-4,7-10,12H2,1-2H3,(H,25,31)(H,28,32). The minimum Gasteiger partial charge on any atom is -0.476 e. The molecule has 3 aliphatic rings. The summed E-state index contributed by atoms with van der Waals surface area (Å²) < 4.78 is 20.9. The van der Waals surface area contributed by atoms with Crippen molar-refractivity contribution >= 4 is 23.2 Å². The molecule has 0 radical (unpaired) electrons. The Bertz CT molecular complexity index is 1100. The monoisotopic (exact) mass is 454 g/mol. The lowest BCUT2D eigenvalue weighted by Gasteiger charge is -2.36. The molecule has 0 spiro atoms. The molecule has 1 saturated heterocycles. The van der Waals surface area contributed by atoms with Crippen molar-refractivity contribution in [3.63, 3.8) is 0 Å². The summed E-state index contributed by atoms with van der Waals surface area (Å²) >= 11 is 0. The largest absolute Gasteiger partial charge is 0.476 e. The molecule has 2 amide bonds. The van der Waals surface area contributed by atoms with Crippen molar-refractivity contribution in [3.8, 4) is 5.75 Å². The fourth-order valence-electron chi connectivity index (χ4n) is 4.42. The van der Waals surface area contributed by atoms with Gasteiger partial charge in [0.15, 0.2) is 17.7 Å². The van der Waals surface area contributed by atoms with Crippen molar-refractivity contribution in [1.29, 1.82) is 0 Å². The van der Waals surface area contributed by atoms with E-state index in [-0.39, 0.29) is 23.4 Å². The lowest BCUT2D eigenvalue weighted by atomic mass is 10.1. The normalized spacial score (nSPS) is 20.6. The number of nitrogens with zero attached hydrogens (tertiary/aromatic N) is 4. The van der Waals surface area contributed by atoms with E-state index in [0.29, 0.717) is 23.7 Å². The Morgan fingerprint density at radius 2 is 2.03 bits per heavy atom. The zero-order valence-corrected chi connectivity index (χ0v) is 18.7. The van der Waals surface area contributed by atoms with Gasteiger partial charge in [-0.25, -0.2) is 9.37 Å². The predicted octanol–water partition coefficient (Wildman–Crippen LogP) is 1.72. The molecule has 2 fully saturated rings. The van der Waals surface area contributed by atoms with Gasteiger partial charge in [0, 0.05) is 45.7 Å². The van der Waals surface area contributed by atoms with Crippen molar-refractivity contribution in [2.75, 3.05) is 43.4 Å². The number of rotatable bonds is 5. The Hall–Kier alpha value is -3.27. The first-order valence-electron chi connectivity index (χ1n) is 11.3. The van der Waals surface area contributed by atoms with E-state index in [9.17, 15) is 9.59 Å². The van der Waals surface area contributed by atoms with Crippen LogP contribution in [0.2, 0.25) is 0 Å². The van der Waals surface area contributed by atoms with Gasteiger partial charge in [-0.3, -0.25) is 19.5 Å². The van der Waals surface area contributed by atoms with Gasteiger partial charge in [0.25, 0.3) is 11.8 Å². The average Bonchev–Trinajstić information content (AvgIpc) is 3.66. The molecule has 1 aliphatic carbocycles. The number of anilines is 2. The van der Waals surface area contributed by atoms with Crippen LogP contribution in [0.3, 0.4) is 0 Å². The van der Waals surface area contributed by atoms with Crippen LogP contribution in [0.4, 0.5) is 15.8 Å². The SMILES string of the molecule is CNC(=O)c1ccc(N2CCN(Cc3ncc4c(c3F)NC(=O)C(C3CC3)O4)CC2)c(C)n1. The molecule has 4 heterocycles. The third kappa shape index (κ3) is 4.22. The third-order valence-corrected chi connectivity index (χ3v) is 6.47. The summed E-state index contributed by atoms with van der Waals surface area (Å²) in [4.78, 5) is 37.1. The Labute approximate surface area is 191 Å². The number of carbonyl (C=O) groups excluding carboxylic acids is 2. The fraction of sp³-hybridized carbons (Fsp3) is 0.478. The molecule has 2 N–H and O–H groups in total. The number of halogens is 1. The molecular formula is C23H27FN6O3. The van der Waals surface area contributed by atoms with Crippen molar-refractivity contribution in [3.05, 3.63) is 41.2 Å². The minimum atomic E-state index is -0.541. The number of aromatic nitrogens is 2. The maximum absolute atomic E-state index is 15.1. The molecule has 0 bridgehead atoms. The number of piperazine rings is 1. The minimum absolute atomic E-state index is 0.0958. The van der Waals surface area contributed by atoms with E-state index in [2.05, 4.69) is 30.4 Å². The van der Waals surface area contributed by atoms with Gasteiger partial charge in [-0.05, 0) is 31.9 Å². The number of ether oxygens (including phenoxy) is 1. The van der Waals surface area contributed by atoms with Crippen LogP contribution in [0.5, 0.6) is 5.75 Å². The molecule has 2 aliphatic heterocycles. The maximum atomic E-state index is 15.1. The topological polar surface area (TPSA) is 99.7 Å². The van der Waals surface area contributed by atoms with E-state index >= 15 is 4.39 Å². The fourth-order valence-corrected chi connectivity index (χ4v) is 4.42. The number of hydrogen-bond donors (Lipinski definition) is 2. The quantitative estimate of drug-likeness (QED) is 0.710. The molecule has 1 saturated carbocycles. The van der Waals surface area contributed by atoms with Crippen LogP contribution in [0.25, 0.3) is 0 Å². The van der Waals surface area contributed by atoms with Crippen LogP contribution >= 0.6 is 0 Å². The van der Waals surface area contributed by atoms with Crippen molar-refractivity contribution < 1.29 is 18.7 Å². The molecule has 174 valence electrons. The lowest BCUT2D eigenvalue weighted by molar-refractivity contribution is -0.124. The van der Waals surface area contributed by atoms with Crippen LogP contribution in [-0.4, -0.2) is 66.0 Å². The highest BCUT2D eigenvalue weighted by Gasteiger charge is 2.42. The van der Waals surface area contributed by atoms with Gasteiger partial charge >= 0.3 is 0 Å². The number of hydrogen-bond acceptors (Lipinski definition) is 7. The van der Waals surface area contributed by atoms with Crippen LogP contribution in [0.1, 0.15) is 34.7 Å². The number of carbonyl (C=O) groups is 2. The van der Waals surface area contributed by atoms with Gasteiger partial charge in [0.2, 0.25) is 0 Å². The van der Waals surface area contributed by atoms with Gasteiger partial charge in [0.05, 0.1) is 23.3 Å². The van der Waals surface area contributed by atoms with E-state index in [1.54, 1.807) is 13.1 Å². The average molecular weight is 455 g/mol. The number of fused-ring (bicyclic) bond motifs is 1. The van der Waals surface area contributed by atoms with Crippen molar-refractivity contribution in [1.82, 2.24) is 20.2 Å². The van der Waals surface area contributed by atoms with Crippen molar-refractivity contribution in [2.24, 2.45) is 5.92 Å². The summed E-state index contributed by atoms with van der Waals surface area (Å²) in [5, 5.41) is 5.27. The molecule has 0 aromatic carbocycles. The molecule has 5 rings (SSSR count). The van der Waals surface area contributed by atoms with E-state index in [1.165, 1.54) is 6.20 Å². The first kappa shape index (κ1) is 21.6. The highest BCUT2D eigenvalue weighted by molar-refractivity contribution is 5.98. The first-order chi connectivity index (χ1) is 15.9. The third-order valence-electron chi connectivity index (χ3n) is 6.47. The Kier molecular flexibility index (Phi) is 5.61. The molecule has 2 aromatic heterocycles. The maximum Gasteiger partial charge on any atom is 0.269 e. The van der Waals surface area contributed by atoms with Gasteiger partial charge in [0.1, 0.15) is 11.4 Å². The number of aryl methyl sites for hydroxylation is 1. The summed E-state index contributed by atoms with van der Waals surface area (Å²) in [5.41, 5.74) is 2.57. The molecule has 33 heavy (non-hydrogen) atoms. The molecule has 2 aromatic rings. The summed E-state index contributed by atoms with van der Waals surface area (Å²) in [7, 11) is 1.58. The highest BCUT2D eigenvalue weighted by atomic mass is 19.1. The second-order valence-corrected chi connectivity index (χ2v) is 8.77. The van der Waals surface area contributed by atoms with Gasteiger partial charge in [-0.2, -0.15) is 0 Å². The summed E-state index contributed by atoms with van der Waals surface area (Å²) in [6.07, 6.45) is 2.89. The summed E-state index contributed by atoms with van der Waals surface area (Å²) in [5.74, 6) is -0.487. The molecule has 1 atom stereocenters.